The predicted molar refractivity (Wildman–Crippen MR) is 82.3 cm³/mol. The van der Waals surface area contributed by atoms with E-state index in [1.807, 2.05) is 14.0 Å². The van der Waals surface area contributed by atoms with E-state index in [0.717, 1.165) is 24.2 Å². The highest BCUT2D eigenvalue weighted by molar-refractivity contribution is 7.91. The fourth-order valence-corrected chi connectivity index (χ4v) is 4.98. The zero-order chi connectivity index (χ0) is 15.6. The molecule has 0 saturated carbocycles. The molecule has 7 heteroatoms. The van der Waals surface area contributed by atoms with Crippen LogP contribution in [0.2, 0.25) is 0 Å². The number of aryl methyl sites for hydroxylation is 2. The van der Waals surface area contributed by atoms with Crippen LogP contribution in [0.3, 0.4) is 0 Å². The van der Waals surface area contributed by atoms with Gasteiger partial charge in [-0.3, -0.25) is 0 Å². The average molecular weight is 315 g/mol. The number of sulfone groups is 1. The Morgan fingerprint density at radius 1 is 1.52 bits per heavy atom. The first-order chi connectivity index (χ1) is 9.89. The molecule has 0 aliphatic carbocycles. The highest BCUT2D eigenvalue weighted by Gasteiger charge is 2.37. The Bertz CT molecular complexity index is 595. The Labute approximate surface area is 126 Å². The third-order valence-corrected chi connectivity index (χ3v) is 5.87. The zero-order valence-electron chi connectivity index (χ0n) is 13.2. The Morgan fingerprint density at radius 2 is 2.24 bits per heavy atom. The van der Waals surface area contributed by atoms with E-state index in [0.29, 0.717) is 12.3 Å². The Morgan fingerprint density at radius 3 is 2.76 bits per heavy atom. The van der Waals surface area contributed by atoms with Crippen molar-refractivity contribution in [2.75, 3.05) is 25.2 Å². The molecule has 2 rings (SSSR count). The Hall–Kier alpha value is -1.08. The normalized spacial score (nSPS) is 22.4. The molecule has 120 valence electrons. The van der Waals surface area contributed by atoms with Crippen LogP contribution < -0.4 is 10.1 Å². The second-order valence-electron chi connectivity index (χ2n) is 5.73. The smallest absolute Gasteiger partial charge is 0.216 e. The molecule has 0 aromatic carbocycles. The lowest BCUT2D eigenvalue weighted by Crippen LogP contribution is -2.30. The van der Waals surface area contributed by atoms with Crippen LogP contribution in [0, 0.1) is 12.8 Å². The first-order valence-corrected chi connectivity index (χ1v) is 9.23. The number of nitrogens with zero attached hydrogens (tertiary/aromatic N) is 2. The SMILES string of the molecule is CCCNC(c1c(C)nn(C)c1OC)C1CCS(=O)(=O)C1. The Balaban J connectivity index is 2.37. The molecule has 2 heterocycles. The van der Waals surface area contributed by atoms with Gasteiger partial charge in [0.25, 0.3) is 0 Å². The molecule has 2 unspecified atom stereocenters. The van der Waals surface area contributed by atoms with Gasteiger partial charge in [-0.2, -0.15) is 5.10 Å². The molecule has 1 aromatic rings. The number of nitrogens with one attached hydrogen (secondary N) is 1. The number of hydrogen-bond acceptors (Lipinski definition) is 5. The summed E-state index contributed by atoms with van der Waals surface area (Å²) in [7, 11) is 0.565. The summed E-state index contributed by atoms with van der Waals surface area (Å²) in [5.74, 6) is 1.32. The monoisotopic (exact) mass is 315 g/mol. The zero-order valence-corrected chi connectivity index (χ0v) is 14.0. The van der Waals surface area contributed by atoms with E-state index >= 15 is 0 Å². The molecule has 6 nitrogen and oxygen atoms in total. The lowest BCUT2D eigenvalue weighted by molar-refractivity contribution is 0.341. The summed E-state index contributed by atoms with van der Waals surface area (Å²) in [6.45, 7) is 4.89. The van der Waals surface area contributed by atoms with Gasteiger partial charge in [0.15, 0.2) is 9.84 Å². The Kier molecular flexibility index (Phi) is 4.93. The minimum Gasteiger partial charge on any atom is -0.481 e. The standard InChI is InChI=1S/C14H25N3O3S/c1-5-7-15-13(11-6-8-21(18,19)9-11)12-10(2)16-17(3)14(12)20-4/h11,13,15H,5-9H2,1-4H3. The van der Waals surface area contributed by atoms with Crippen LogP contribution >= 0.6 is 0 Å². The van der Waals surface area contributed by atoms with Gasteiger partial charge >= 0.3 is 0 Å². The molecule has 1 aliphatic rings. The predicted octanol–water partition coefficient (Wildman–Crippen LogP) is 1.21. The third-order valence-electron chi connectivity index (χ3n) is 4.07. The molecule has 2 atom stereocenters. The van der Waals surface area contributed by atoms with Crippen molar-refractivity contribution >= 4 is 9.84 Å². The van der Waals surface area contributed by atoms with Crippen molar-refractivity contribution in [1.82, 2.24) is 15.1 Å². The minimum absolute atomic E-state index is 0.0223. The van der Waals surface area contributed by atoms with Gasteiger partial charge in [-0.25, -0.2) is 13.1 Å². The number of rotatable bonds is 6. The highest BCUT2D eigenvalue weighted by atomic mass is 32.2. The summed E-state index contributed by atoms with van der Waals surface area (Å²) in [5, 5.41) is 7.92. The van der Waals surface area contributed by atoms with E-state index in [9.17, 15) is 8.42 Å². The number of ether oxygens (including phenoxy) is 1. The second kappa shape index (κ2) is 6.36. The van der Waals surface area contributed by atoms with Gasteiger partial charge in [-0.1, -0.05) is 6.92 Å². The van der Waals surface area contributed by atoms with Crippen molar-refractivity contribution in [3.05, 3.63) is 11.3 Å². The first kappa shape index (κ1) is 16.3. The van der Waals surface area contributed by atoms with Gasteiger partial charge in [-0.05, 0) is 32.2 Å². The maximum atomic E-state index is 11.8. The van der Waals surface area contributed by atoms with Crippen LogP contribution in [0.4, 0.5) is 0 Å². The van der Waals surface area contributed by atoms with E-state index in [-0.39, 0.29) is 23.5 Å². The van der Waals surface area contributed by atoms with Crippen molar-refractivity contribution in [2.24, 2.45) is 13.0 Å². The van der Waals surface area contributed by atoms with E-state index in [1.165, 1.54) is 0 Å². The topological polar surface area (TPSA) is 73.2 Å². The summed E-state index contributed by atoms with van der Waals surface area (Å²) >= 11 is 0. The van der Waals surface area contributed by atoms with Crippen LogP contribution in [0.25, 0.3) is 0 Å². The molecule has 1 N–H and O–H groups in total. The van der Waals surface area contributed by atoms with Crippen molar-refractivity contribution in [2.45, 2.75) is 32.7 Å². The van der Waals surface area contributed by atoms with E-state index < -0.39 is 9.84 Å². The molecule has 1 aliphatic heterocycles. The van der Waals surface area contributed by atoms with Crippen molar-refractivity contribution < 1.29 is 13.2 Å². The molecule has 0 radical (unpaired) electrons. The van der Waals surface area contributed by atoms with Crippen LogP contribution in [0.15, 0.2) is 0 Å². The minimum atomic E-state index is -2.91. The maximum absolute atomic E-state index is 11.8. The van der Waals surface area contributed by atoms with Crippen LogP contribution in [0.5, 0.6) is 5.88 Å². The quantitative estimate of drug-likeness (QED) is 0.854. The molecule has 1 aromatic heterocycles. The van der Waals surface area contributed by atoms with Gasteiger partial charge in [0.1, 0.15) is 0 Å². The fraction of sp³-hybridized carbons (Fsp3) is 0.786. The molecule has 1 saturated heterocycles. The van der Waals surface area contributed by atoms with E-state index in [1.54, 1.807) is 11.8 Å². The van der Waals surface area contributed by atoms with Crippen LogP contribution in [-0.4, -0.2) is 43.4 Å². The molecule has 0 spiro atoms. The van der Waals surface area contributed by atoms with Gasteiger partial charge in [-0.15, -0.1) is 0 Å². The van der Waals surface area contributed by atoms with Crippen molar-refractivity contribution in [3.8, 4) is 5.88 Å². The lowest BCUT2D eigenvalue weighted by atomic mass is 9.92. The molecular weight excluding hydrogens is 290 g/mol. The van der Waals surface area contributed by atoms with Crippen LogP contribution in [-0.2, 0) is 16.9 Å². The highest BCUT2D eigenvalue weighted by Crippen LogP contribution is 2.37. The average Bonchev–Trinajstić information content (AvgIpc) is 2.90. The van der Waals surface area contributed by atoms with E-state index in [2.05, 4.69) is 17.3 Å². The summed E-state index contributed by atoms with van der Waals surface area (Å²) in [4.78, 5) is 0. The van der Waals surface area contributed by atoms with E-state index in [4.69, 9.17) is 4.74 Å². The van der Waals surface area contributed by atoms with Crippen molar-refractivity contribution in [1.29, 1.82) is 0 Å². The molecule has 1 fully saturated rings. The number of methoxy groups -OCH3 is 1. The molecule has 0 amide bonds. The van der Waals surface area contributed by atoms with Gasteiger partial charge in [0, 0.05) is 13.1 Å². The maximum Gasteiger partial charge on any atom is 0.216 e. The first-order valence-electron chi connectivity index (χ1n) is 7.41. The van der Waals surface area contributed by atoms with Gasteiger partial charge < -0.3 is 10.1 Å². The molecule has 0 bridgehead atoms. The summed E-state index contributed by atoms with van der Waals surface area (Å²) in [6.07, 6.45) is 1.69. The van der Waals surface area contributed by atoms with Crippen molar-refractivity contribution in [3.63, 3.8) is 0 Å². The number of hydrogen-bond donors (Lipinski definition) is 1. The summed E-state index contributed by atoms with van der Waals surface area (Å²) in [5.41, 5.74) is 1.89. The summed E-state index contributed by atoms with van der Waals surface area (Å²) < 4.78 is 30.8. The third kappa shape index (κ3) is 3.40. The number of aromatic nitrogens is 2. The van der Waals surface area contributed by atoms with Gasteiger partial charge in [0.2, 0.25) is 5.88 Å². The largest absolute Gasteiger partial charge is 0.481 e. The fourth-order valence-electron chi connectivity index (χ4n) is 3.14. The lowest BCUT2D eigenvalue weighted by Gasteiger charge is -2.24. The van der Waals surface area contributed by atoms with Crippen LogP contribution in [0.1, 0.15) is 37.1 Å². The van der Waals surface area contributed by atoms with Gasteiger partial charge in [0.05, 0.1) is 29.9 Å². The second-order valence-corrected chi connectivity index (χ2v) is 7.96. The molecule has 21 heavy (non-hydrogen) atoms. The molecular formula is C14H25N3O3S. The summed E-state index contributed by atoms with van der Waals surface area (Å²) in [6, 6.07) is -0.0223.